The van der Waals surface area contributed by atoms with Gasteiger partial charge in [-0.1, -0.05) is 70.0 Å². The Hall–Kier alpha value is -4.67. The number of rotatable bonds is 28. The number of carbonyl (C=O) groups is 4. The molecule has 0 aromatic heterocycles. The molecule has 562 valence electrons. The van der Waals surface area contributed by atoms with Crippen LogP contribution in [0.1, 0.15) is 109 Å². The highest BCUT2D eigenvalue weighted by molar-refractivity contribution is 14.1. The summed E-state index contributed by atoms with van der Waals surface area (Å²) >= 11 is 2.83. The number of aliphatic hydroxyl groups excluding tert-OH is 4. The molecular weight excluding hydrogens is 1500 g/mol. The van der Waals surface area contributed by atoms with Crippen molar-refractivity contribution in [1.29, 1.82) is 0 Å². The number of ketones is 1. The van der Waals surface area contributed by atoms with Crippen molar-refractivity contribution in [2.75, 3.05) is 61.6 Å². The number of hydrogen-bond donors (Lipinski definition) is 8. The summed E-state index contributed by atoms with van der Waals surface area (Å²) < 4.78 is 78.5. The molecule has 102 heavy (non-hydrogen) atoms. The average molecular weight is 1600 g/mol. The molecule has 2 aromatic carbocycles. The normalized spacial score (nSPS) is 35.4. The number of hydrogen-bond acceptors (Lipinski definition) is 29. The lowest BCUT2D eigenvalue weighted by molar-refractivity contribution is -0.342. The molecule has 2 saturated carbocycles. The van der Waals surface area contributed by atoms with Gasteiger partial charge in [0, 0.05) is 67.8 Å². The van der Waals surface area contributed by atoms with Gasteiger partial charge in [-0.2, -0.15) is 10.6 Å². The molecule has 0 bridgehead atoms. The number of methoxy groups -OCH3 is 6. The molecule has 3 unspecified atom stereocenters. The third-order valence-electron chi connectivity index (χ3n) is 19.5. The van der Waals surface area contributed by atoms with E-state index in [9.17, 15) is 44.7 Å². The second-order valence-electron chi connectivity index (χ2n) is 26.7. The molecule has 27 nitrogen and oxygen atoms in total. The van der Waals surface area contributed by atoms with Gasteiger partial charge in [-0.05, 0) is 132 Å². The summed E-state index contributed by atoms with van der Waals surface area (Å²) in [6.07, 6.45) is -14.0. The molecule has 4 aliphatic heterocycles. The Kier molecular flexibility index (Phi) is 28.2. The first-order valence-corrected chi connectivity index (χ1v) is 38.0. The maximum atomic E-state index is 14.6. The van der Waals surface area contributed by atoms with E-state index >= 15 is 0 Å². The Bertz CT molecular complexity index is 3550. The van der Waals surface area contributed by atoms with E-state index < -0.39 is 148 Å². The highest BCUT2D eigenvalue weighted by atomic mass is 127. The number of hydrazone groups is 1. The van der Waals surface area contributed by atoms with E-state index in [4.69, 9.17) is 66.4 Å². The minimum absolute atomic E-state index is 0.0212. The van der Waals surface area contributed by atoms with Crippen LogP contribution in [0.4, 0.5) is 0 Å². The zero-order valence-electron chi connectivity index (χ0n) is 59.8. The SMILES string of the molecule is CCN[C@H]1CO[C@@H](O[C@H]2[C@H](O[C@H]3C#C/C=C(/C)C#CC45C(CC(=O)OC)C(=O)C[C@]4(O)/C(=C/CSSC(C)(C)CC(=O)N/N=C(\C)c4ccc(OC)cc4)C35)O[C@H](C)[C@@H](NO[C@H]3C[C@H](O)[C@H](SC(=O)c4c(C)c(I)c(O[C@@H]5O[C@@H](C)[C@H](O)[C@@H](OC)[C@H]5O)c(OC)c4OC)[C@@H](C)O3)[C@@H]2O)C[C@@H]1OC. The summed E-state index contributed by atoms with van der Waals surface area (Å²) in [7, 11) is 11.3. The smallest absolute Gasteiger partial charge is 0.306 e. The van der Waals surface area contributed by atoms with Crippen LogP contribution in [-0.4, -0.2) is 236 Å². The molecule has 0 radical (unpaired) electrons. The van der Waals surface area contributed by atoms with E-state index in [0.717, 1.165) is 17.3 Å². The number of amides is 1. The number of halogens is 1. The number of nitrogens with zero attached hydrogens (tertiary/aromatic N) is 1. The van der Waals surface area contributed by atoms with Gasteiger partial charge in [0.25, 0.3) is 0 Å². The number of ether oxygens (including phenoxy) is 13. The fraction of sp³-hybridized carbons (Fsp3) is 0.648. The highest BCUT2D eigenvalue weighted by Gasteiger charge is 2.78. The van der Waals surface area contributed by atoms with Gasteiger partial charge in [0.1, 0.15) is 53.8 Å². The monoisotopic (exact) mass is 1590 g/mol. The van der Waals surface area contributed by atoms with Crippen LogP contribution in [0.25, 0.3) is 0 Å². The van der Waals surface area contributed by atoms with Gasteiger partial charge in [0.15, 0.2) is 30.4 Å². The molecule has 1 amide bonds. The average Bonchev–Trinajstić information content (AvgIpc) is 1.44. The van der Waals surface area contributed by atoms with Crippen molar-refractivity contribution < 1.29 is 111 Å². The summed E-state index contributed by atoms with van der Waals surface area (Å²) in [5.74, 6) is 10.3. The number of likely N-dealkylation sites (N-methyl/N-ethyl adjacent to an activating group) is 1. The molecule has 9 rings (SSSR count). The molecule has 3 aliphatic carbocycles. The van der Waals surface area contributed by atoms with E-state index in [1.165, 1.54) is 50.0 Å². The van der Waals surface area contributed by atoms with Crippen LogP contribution in [0.15, 0.2) is 52.7 Å². The first-order valence-electron chi connectivity index (χ1n) is 33.7. The molecule has 1 spiro atoms. The Labute approximate surface area is 620 Å². The minimum atomic E-state index is -1.91. The minimum Gasteiger partial charge on any atom is -0.497 e. The molecule has 4 heterocycles. The van der Waals surface area contributed by atoms with Gasteiger partial charge in [-0.3, -0.25) is 24.0 Å². The van der Waals surface area contributed by atoms with Crippen molar-refractivity contribution in [3.05, 3.63) is 67.8 Å². The lowest BCUT2D eigenvalue weighted by Gasteiger charge is -2.60. The van der Waals surface area contributed by atoms with Crippen LogP contribution in [0.2, 0.25) is 0 Å². The van der Waals surface area contributed by atoms with Crippen LogP contribution in [0.5, 0.6) is 23.0 Å². The number of benzene rings is 2. The van der Waals surface area contributed by atoms with Crippen LogP contribution in [-0.2, 0) is 61.9 Å². The van der Waals surface area contributed by atoms with Gasteiger partial charge < -0.3 is 92.4 Å². The van der Waals surface area contributed by atoms with Crippen molar-refractivity contribution in [1.82, 2.24) is 16.2 Å². The van der Waals surface area contributed by atoms with E-state index in [2.05, 4.69) is 45.0 Å². The van der Waals surface area contributed by atoms with Crippen LogP contribution < -0.4 is 35.2 Å². The van der Waals surface area contributed by atoms with Crippen LogP contribution >= 0.6 is 55.9 Å². The molecule has 7 aliphatic rings. The number of Topliss-reactive ketones (excluding diaryl/α,β-unsaturated/α-hetero) is 1. The molecule has 2 aromatic rings. The lowest BCUT2D eigenvalue weighted by Crippen LogP contribution is -2.69. The third kappa shape index (κ3) is 17.5. The second-order valence-corrected chi connectivity index (χ2v) is 32.0. The largest absolute Gasteiger partial charge is 0.497 e. The fourth-order valence-electron chi connectivity index (χ4n) is 14.2. The van der Waals surface area contributed by atoms with Gasteiger partial charge in [0.05, 0.1) is 110 Å². The topological polar surface area (TPSA) is 347 Å². The summed E-state index contributed by atoms with van der Waals surface area (Å²) in [6, 6.07) is 6.02. The number of aliphatic hydroxyl groups is 5. The molecule has 8 N–H and O–H groups in total. The Balaban J connectivity index is 0.940. The van der Waals surface area contributed by atoms with Crippen molar-refractivity contribution in [3.8, 4) is 46.7 Å². The maximum Gasteiger partial charge on any atom is 0.306 e. The van der Waals surface area contributed by atoms with Gasteiger partial charge in [0.2, 0.25) is 23.1 Å². The number of hydroxylamine groups is 1. The first-order chi connectivity index (χ1) is 48.5. The van der Waals surface area contributed by atoms with Gasteiger partial charge in [-0.15, -0.1) is 0 Å². The summed E-state index contributed by atoms with van der Waals surface area (Å²) in [5, 5.41) is 66.0. The number of allylic oxidation sites excluding steroid dienone is 2. The number of esters is 1. The van der Waals surface area contributed by atoms with Crippen molar-refractivity contribution >= 4 is 84.4 Å². The van der Waals surface area contributed by atoms with Gasteiger partial charge >= 0.3 is 5.97 Å². The zero-order chi connectivity index (χ0) is 74.3. The van der Waals surface area contributed by atoms with E-state index in [1.807, 2.05) is 73.7 Å². The van der Waals surface area contributed by atoms with Crippen LogP contribution in [0, 0.1) is 51.4 Å². The summed E-state index contributed by atoms with van der Waals surface area (Å²) in [6.45, 7) is 16.8. The van der Waals surface area contributed by atoms with Crippen molar-refractivity contribution in [2.45, 2.75) is 214 Å². The maximum absolute atomic E-state index is 14.6. The predicted molar refractivity (Wildman–Crippen MR) is 386 cm³/mol. The first kappa shape index (κ1) is 81.4. The van der Waals surface area contributed by atoms with Crippen molar-refractivity contribution in [3.63, 3.8) is 0 Å². The number of nitrogens with one attached hydrogen (secondary N) is 3. The van der Waals surface area contributed by atoms with E-state index in [0.29, 0.717) is 38.3 Å². The van der Waals surface area contributed by atoms with Crippen LogP contribution in [0.3, 0.4) is 0 Å². The molecule has 22 atom stereocenters. The Morgan fingerprint density at radius 2 is 1.58 bits per heavy atom. The Morgan fingerprint density at radius 3 is 2.24 bits per heavy atom. The van der Waals surface area contributed by atoms with E-state index in [-0.39, 0.29) is 78.9 Å². The Morgan fingerprint density at radius 1 is 0.863 bits per heavy atom. The molecule has 4 saturated heterocycles. The number of carbonyl (C=O) groups excluding carboxylic acids is 4. The molecular formula is C71H95IN4O23S3. The van der Waals surface area contributed by atoms with Gasteiger partial charge in [-0.25, -0.2) is 5.43 Å². The quantitative estimate of drug-likeness (QED) is 0.00792. The summed E-state index contributed by atoms with van der Waals surface area (Å²) in [4.78, 5) is 61.9. The zero-order valence-corrected chi connectivity index (χ0v) is 64.4. The summed E-state index contributed by atoms with van der Waals surface area (Å²) in [5.41, 5.74) is 4.92. The molecule has 31 heteroatoms. The highest BCUT2D eigenvalue weighted by Crippen LogP contribution is 2.70. The standard InChI is InChI=1S/C71H95IN4O23S3/c1-16-73-44-33-92-51(30-48(44)87-11)97-63-58(82)56(76-99-52-29-45(77)65(39(7)93-52)101-66(84)53-35(3)55(72)61(64(91-15)60(53)89-13)98-67-59(83)62(90-14)57(81)38(6)95-67)37(5)94-68(63)96-47-19-17-18-34(2)24-26-70-43(28-50(80)88-12)46(78)31-71(70,85)42(54(47)70)25-27-100-102-69(8,9)32-49(79)75-74-36(4)40-20-22-41(86-10)23-21-40/h18,20-23,25,37-39,43-45,47-48,51-52,54,56-59,62-63,65,67-68,73,76-77,81-83,85H,16,27-33H2,1-15H3,(H,75,79)/b34-18-,42-25+,74-36+/t37-,38+,39-,43?,44+,45+,47+,48+,51+,52+,54?,56-,57+,58+,59-,62-,63-,65-,67+,68+,70?,71+/m1/s1. The lowest BCUT2D eigenvalue weighted by atomic mass is 9.44. The number of thioether (sulfide) groups is 1. The fourth-order valence-corrected chi connectivity index (χ4v) is 18.3. The second kappa shape index (κ2) is 35.4. The van der Waals surface area contributed by atoms with Crippen molar-refractivity contribution in [2.24, 2.45) is 22.4 Å². The third-order valence-corrected chi connectivity index (χ3v) is 25.3. The van der Waals surface area contributed by atoms with E-state index in [1.54, 1.807) is 61.8 Å². The molecule has 6 fully saturated rings. The predicted octanol–water partition coefficient (Wildman–Crippen LogP) is 5.21.